The Kier molecular flexibility index (Phi) is 6.22. The Balaban J connectivity index is 1.58. The van der Waals surface area contributed by atoms with Crippen LogP contribution in [0.2, 0.25) is 0 Å². The lowest BCUT2D eigenvalue weighted by atomic mass is 10.2. The van der Waals surface area contributed by atoms with Crippen LogP contribution >= 0.6 is 11.3 Å². The van der Waals surface area contributed by atoms with Crippen molar-refractivity contribution in [2.24, 2.45) is 4.99 Å². The van der Waals surface area contributed by atoms with Crippen LogP contribution < -0.4 is 15.5 Å². The van der Waals surface area contributed by atoms with Crippen molar-refractivity contribution in [1.82, 2.24) is 15.6 Å². The molecule has 0 unspecified atom stereocenters. The Morgan fingerprint density at radius 3 is 2.73 bits per heavy atom. The first kappa shape index (κ1) is 18.4. The van der Waals surface area contributed by atoms with Crippen LogP contribution in [-0.2, 0) is 17.9 Å². The molecule has 6 nitrogen and oxygen atoms in total. The molecule has 1 aromatic carbocycles. The fourth-order valence-corrected chi connectivity index (χ4v) is 3.61. The summed E-state index contributed by atoms with van der Waals surface area (Å²) in [6.45, 7) is 6.99. The van der Waals surface area contributed by atoms with Crippen LogP contribution in [0.5, 0.6) is 0 Å². The van der Waals surface area contributed by atoms with Gasteiger partial charge in [-0.05, 0) is 38.0 Å². The first-order valence-electron chi connectivity index (χ1n) is 8.98. The fourth-order valence-electron chi connectivity index (χ4n) is 2.87. The van der Waals surface area contributed by atoms with Crippen LogP contribution in [0.25, 0.3) is 0 Å². The molecule has 0 saturated carbocycles. The van der Waals surface area contributed by atoms with Gasteiger partial charge in [-0.1, -0.05) is 12.1 Å². The lowest BCUT2D eigenvalue weighted by Crippen LogP contribution is -2.36. The Hall–Kier alpha value is -2.41. The van der Waals surface area contributed by atoms with E-state index < -0.39 is 0 Å². The number of carbonyl (C=O) groups is 1. The fraction of sp³-hybridized carbons (Fsp3) is 0.421. The van der Waals surface area contributed by atoms with E-state index in [0.29, 0.717) is 19.5 Å². The number of hydrogen-bond donors (Lipinski definition) is 2. The zero-order valence-corrected chi connectivity index (χ0v) is 16.1. The Morgan fingerprint density at radius 1 is 1.31 bits per heavy atom. The number of anilines is 1. The monoisotopic (exact) mass is 371 g/mol. The van der Waals surface area contributed by atoms with Gasteiger partial charge in [0.1, 0.15) is 0 Å². The summed E-state index contributed by atoms with van der Waals surface area (Å²) in [6.07, 6.45) is 3.50. The van der Waals surface area contributed by atoms with E-state index in [1.165, 1.54) is 4.88 Å². The summed E-state index contributed by atoms with van der Waals surface area (Å²) in [4.78, 5) is 23.8. The number of carbonyl (C=O) groups excluding carboxylic acids is 1. The Labute approximate surface area is 158 Å². The summed E-state index contributed by atoms with van der Waals surface area (Å²) in [6, 6.07) is 8.10. The number of aliphatic imine (C=N–C) groups is 1. The zero-order valence-electron chi connectivity index (χ0n) is 15.3. The van der Waals surface area contributed by atoms with Crippen LogP contribution in [0.1, 0.15) is 35.2 Å². The van der Waals surface area contributed by atoms with Crippen molar-refractivity contribution in [2.45, 2.75) is 39.8 Å². The number of benzene rings is 1. The third kappa shape index (κ3) is 4.82. The molecule has 0 radical (unpaired) electrons. The van der Waals surface area contributed by atoms with Crippen molar-refractivity contribution in [3.63, 3.8) is 0 Å². The molecule has 1 saturated heterocycles. The predicted octanol–water partition coefficient (Wildman–Crippen LogP) is 2.83. The van der Waals surface area contributed by atoms with E-state index in [1.807, 2.05) is 42.3 Å². The summed E-state index contributed by atoms with van der Waals surface area (Å²) in [5.74, 6) is 1.00. The molecule has 2 N–H and O–H groups in total. The van der Waals surface area contributed by atoms with E-state index in [1.54, 1.807) is 11.3 Å². The largest absolute Gasteiger partial charge is 0.357 e. The van der Waals surface area contributed by atoms with Gasteiger partial charge in [-0.2, -0.15) is 0 Å². The number of aromatic nitrogens is 1. The smallest absolute Gasteiger partial charge is 0.227 e. The topological polar surface area (TPSA) is 69.6 Å². The quantitative estimate of drug-likeness (QED) is 0.605. The summed E-state index contributed by atoms with van der Waals surface area (Å²) in [5, 5.41) is 7.67. The normalized spacial score (nSPS) is 14.8. The number of amides is 1. The summed E-state index contributed by atoms with van der Waals surface area (Å²) < 4.78 is 0. The lowest BCUT2D eigenvalue weighted by molar-refractivity contribution is -0.117. The molecule has 0 spiro atoms. The van der Waals surface area contributed by atoms with Crippen LogP contribution in [0.4, 0.5) is 5.69 Å². The highest BCUT2D eigenvalue weighted by Crippen LogP contribution is 2.21. The maximum Gasteiger partial charge on any atom is 0.227 e. The van der Waals surface area contributed by atoms with E-state index in [9.17, 15) is 4.79 Å². The minimum Gasteiger partial charge on any atom is -0.357 e. The van der Waals surface area contributed by atoms with Gasteiger partial charge >= 0.3 is 0 Å². The van der Waals surface area contributed by atoms with Crippen molar-refractivity contribution in [2.75, 3.05) is 18.0 Å². The van der Waals surface area contributed by atoms with Crippen molar-refractivity contribution in [3.8, 4) is 0 Å². The molecule has 138 valence electrons. The molecular formula is C19H25N5OS. The SMILES string of the molecule is CCNC(=NCc1ccc(N2CCCC2=O)cc1)NCc1cnc(C)s1. The molecule has 1 amide bonds. The molecule has 1 fully saturated rings. The lowest BCUT2D eigenvalue weighted by Gasteiger charge is -2.15. The molecule has 1 aliphatic heterocycles. The maximum atomic E-state index is 11.8. The summed E-state index contributed by atoms with van der Waals surface area (Å²) in [7, 11) is 0. The number of hydrogen-bond acceptors (Lipinski definition) is 4. The second-order valence-electron chi connectivity index (χ2n) is 6.21. The average Bonchev–Trinajstić information content (AvgIpc) is 3.26. The first-order valence-corrected chi connectivity index (χ1v) is 9.80. The van der Waals surface area contributed by atoms with Gasteiger partial charge in [0.2, 0.25) is 5.91 Å². The molecule has 0 bridgehead atoms. The molecule has 2 heterocycles. The molecule has 1 aliphatic rings. The van der Waals surface area contributed by atoms with E-state index in [2.05, 4.69) is 27.5 Å². The molecule has 2 aromatic rings. The minimum absolute atomic E-state index is 0.215. The number of nitrogens with one attached hydrogen (secondary N) is 2. The van der Waals surface area contributed by atoms with Crippen molar-refractivity contribution < 1.29 is 4.79 Å². The summed E-state index contributed by atoms with van der Waals surface area (Å²) in [5.41, 5.74) is 2.09. The van der Waals surface area contributed by atoms with Gasteiger partial charge in [-0.25, -0.2) is 9.98 Å². The van der Waals surface area contributed by atoms with Crippen LogP contribution in [-0.4, -0.2) is 29.9 Å². The number of guanidine groups is 1. The molecule has 0 aliphatic carbocycles. The molecular weight excluding hydrogens is 346 g/mol. The number of rotatable bonds is 6. The highest BCUT2D eigenvalue weighted by Gasteiger charge is 2.21. The number of nitrogens with zero attached hydrogens (tertiary/aromatic N) is 3. The molecule has 3 rings (SSSR count). The van der Waals surface area contributed by atoms with Gasteiger partial charge in [0.05, 0.1) is 18.1 Å². The predicted molar refractivity (Wildman–Crippen MR) is 107 cm³/mol. The van der Waals surface area contributed by atoms with Crippen molar-refractivity contribution in [3.05, 3.63) is 45.9 Å². The average molecular weight is 372 g/mol. The van der Waals surface area contributed by atoms with Gasteiger partial charge in [0.25, 0.3) is 0 Å². The van der Waals surface area contributed by atoms with Crippen LogP contribution in [0.15, 0.2) is 35.5 Å². The van der Waals surface area contributed by atoms with E-state index in [4.69, 9.17) is 0 Å². The standard InChI is InChI=1S/C19H25N5OS/c1-3-20-19(23-13-17-12-21-14(2)26-17)22-11-15-6-8-16(9-7-15)24-10-4-5-18(24)25/h6-9,12H,3-5,10-11,13H2,1-2H3,(H2,20,22,23). The van der Waals surface area contributed by atoms with Crippen LogP contribution in [0, 0.1) is 6.92 Å². The second kappa shape index (κ2) is 8.80. The molecule has 1 aromatic heterocycles. The van der Waals surface area contributed by atoms with Gasteiger partial charge in [-0.3, -0.25) is 4.79 Å². The number of aryl methyl sites for hydroxylation is 1. The van der Waals surface area contributed by atoms with Gasteiger partial charge in [-0.15, -0.1) is 11.3 Å². The Bertz CT molecular complexity index is 768. The Morgan fingerprint density at radius 2 is 2.12 bits per heavy atom. The first-order chi connectivity index (χ1) is 12.7. The number of thiazole rings is 1. The van der Waals surface area contributed by atoms with Gasteiger partial charge in [0, 0.05) is 36.3 Å². The molecule has 26 heavy (non-hydrogen) atoms. The highest BCUT2D eigenvalue weighted by molar-refractivity contribution is 7.11. The third-order valence-electron chi connectivity index (χ3n) is 4.18. The molecule has 0 atom stereocenters. The maximum absolute atomic E-state index is 11.8. The van der Waals surface area contributed by atoms with Crippen molar-refractivity contribution >= 4 is 28.9 Å². The second-order valence-corrected chi connectivity index (χ2v) is 7.53. The minimum atomic E-state index is 0.215. The third-order valence-corrected chi connectivity index (χ3v) is 5.10. The molecule has 7 heteroatoms. The highest BCUT2D eigenvalue weighted by atomic mass is 32.1. The summed E-state index contributed by atoms with van der Waals surface area (Å²) >= 11 is 1.69. The van der Waals surface area contributed by atoms with Gasteiger partial charge < -0.3 is 15.5 Å². The zero-order chi connectivity index (χ0) is 18.4. The van der Waals surface area contributed by atoms with E-state index in [0.717, 1.165) is 41.7 Å². The van der Waals surface area contributed by atoms with Gasteiger partial charge in [0.15, 0.2) is 5.96 Å². The van der Waals surface area contributed by atoms with E-state index in [-0.39, 0.29) is 5.91 Å². The van der Waals surface area contributed by atoms with Crippen LogP contribution in [0.3, 0.4) is 0 Å². The van der Waals surface area contributed by atoms with Crippen molar-refractivity contribution in [1.29, 1.82) is 0 Å². The van der Waals surface area contributed by atoms with E-state index >= 15 is 0 Å².